The van der Waals surface area contributed by atoms with Crippen molar-refractivity contribution >= 4 is 5.78 Å². The molecule has 2 N–H and O–H groups in total. The van der Waals surface area contributed by atoms with Crippen LogP contribution in [-0.2, 0) is 11.2 Å². The fourth-order valence-electron chi connectivity index (χ4n) is 1.10. The van der Waals surface area contributed by atoms with Crippen molar-refractivity contribution < 1.29 is 4.79 Å². The summed E-state index contributed by atoms with van der Waals surface area (Å²) in [5.41, 5.74) is 6.47. The third kappa shape index (κ3) is 2.99. The molecule has 1 aromatic carbocycles. The highest BCUT2D eigenvalue weighted by molar-refractivity contribution is 5.83. The van der Waals surface area contributed by atoms with Gasteiger partial charge in [0.15, 0.2) is 0 Å². The van der Waals surface area contributed by atoms with Gasteiger partial charge < -0.3 is 5.73 Å². The molecule has 0 aliphatic heterocycles. The minimum Gasteiger partial charge on any atom is -0.330 e. The lowest BCUT2D eigenvalue weighted by Gasteiger charge is -2.06. The van der Waals surface area contributed by atoms with Gasteiger partial charge in [0.05, 0.1) is 0 Å². The first-order valence-electron chi connectivity index (χ1n) is 4.50. The highest BCUT2D eigenvalue weighted by Gasteiger charge is 2.10. The van der Waals surface area contributed by atoms with Crippen LogP contribution in [0, 0.1) is 5.92 Å². The molecule has 0 bridgehead atoms. The molecule has 1 rings (SSSR count). The highest BCUT2D eigenvalue weighted by Crippen LogP contribution is 2.04. The van der Waals surface area contributed by atoms with Gasteiger partial charge in [0.1, 0.15) is 5.78 Å². The van der Waals surface area contributed by atoms with E-state index in [-0.39, 0.29) is 11.7 Å². The SMILES string of the molecule is CC(CN)C(=O)Cc1ccccc1. The fraction of sp³-hybridized carbons (Fsp3) is 0.364. The van der Waals surface area contributed by atoms with Crippen molar-refractivity contribution in [2.75, 3.05) is 6.54 Å². The summed E-state index contributed by atoms with van der Waals surface area (Å²) in [7, 11) is 0. The number of benzene rings is 1. The Kier molecular flexibility index (Phi) is 3.65. The zero-order valence-electron chi connectivity index (χ0n) is 7.86. The zero-order chi connectivity index (χ0) is 9.68. The third-order valence-corrected chi connectivity index (χ3v) is 2.12. The quantitative estimate of drug-likeness (QED) is 0.755. The van der Waals surface area contributed by atoms with Gasteiger partial charge in [-0.1, -0.05) is 37.3 Å². The molecule has 0 heterocycles. The van der Waals surface area contributed by atoms with Crippen LogP contribution in [0.2, 0.25) is 0 Å². The summed E-state index contributed by atoms with van der Waals surface area (Å²) in [6.45, 7) is 2.30. The van der Waals surface area contributed by atoms with Crippen molar-refractivity contribution in [1.82, 2.24) is 0 Å². The van der Waals surface area contributed by atoms with Crippen molar-refractivity contribution in [3.63, 3.8) is 0 Å². The molecule has 0 spiro atoms. The maximum Gasteiger partial charge on any atom is 0.141 e. The highest BCUT2D eigenvalue weighted by atomic mass is 16.1. The lowest BCUT2D eigenvalue weighted by molar-refractivity contribution is -0.121. The van der Waals surface area contributed by atoms with E-state index in [1.807, 2.05) is 37.3 Å². The van der Waals surface area contributed by atoms with Crippen molar-refractivity contribution in [3.05, 3.63) is 35.9 Å². The van der Waals surface area contributed by atoms with E-state index in [1.54, 1.807) is 0 Å². The molecule has 0 radical (unpaired) electrons. The van der Waals surface area contributed by atoms with Crippen LogP contribution in [0.5, 0.6) is 0 Å². The monoisotopic (exact) mass is 177 g/mol. The van der Waals surface area contributed by atoms with E-state index in [2.05, 4.69) is 0 Å². The minimum atomic E-state index is -0.0276. The summed E-state index contributed by atoms with van der Waals surface area (Å²) in [4.78, 5) is 11.5. The zero-order valence-corrected chi connectivity index (χ0v) is 7.86. The number of carbonyl (C=O) groups is 1. The van der Waals surface area contributed by atoms with Crippen LogP contribution in [0.15, 0.2) is 30.3 Å². The van der Waals surface area contributed by atoms with E-state index in [4.69, 9.17) is 5.73 Å². The molecular weight excluding hydrogens is 162 g/mol. The average Bonchev–Trinajstić information content (AvgIpc) is 2.18. The Morgan fingerprint density at radius 3 is 2.54 bits per heavy atom. The molecule has 0 amide bonds. The van der Waals surface area contributed by atoms with Crippen LogP contribution in [0.3, 0.4) is 0 Å². The summed E-state index contributed by atoms with van der Waals surface area (Å²) in [5, 5.41) is 0. The van der Waals surface area contributed by atoms with Crippen LogP contribution in [-0.4, -0.2) is 12.3 Å². The fourth-order valence-corrected chi connectivity index (χ4v) is 1.10. The number of Topliss-reactive ketones (excluding diaryl/α,β-unsaturated/α-hetero) is 1. The molecule has 70 valence electrons. The number of nitrogens with two attached hydrogens (primary N) is 1. The number of ketones is 1. The molecule has 2 nitrogen and oxygen atoms in total. The molecule has 0 aliphatic carbocycles. The van der Waals surface area contributed by atoms with Crippen molar-refractivity contribution in [3.8, 4) is 0 Å². The molecule has 2 heteroatoms. The van der Waals surface area contributed by atoms with Gasteiger partial charge in [-0.05, 0) is 5.56 Å². The Labute approximate surface area is 78.8 Å². The van der Waals surface area contributed by atoms with Gasteiger partial charge in [-0.15, -0.1) is 0 Å². The molecule has 0 aliphatic rings. The molecule has 1 aromatic rings. The Morgan fingerprint density at radius 1 is 1.38 bits per heavy atom. The topological polar surface area (TPSA) is 43.1 Å². The second kappa shape index (κ2) is 4.77. The van der Waals surface area contributed by atoms with Crippen molar-refractivity contribution in [2.24, 2.45) is 11.7 Å². The lowest BCUT2D eigenvalue weighted by atomic mass is 10.00. The van der Waals surface area contributed by atoms with E-state index in [9.17, 15) is 4.79 Å². The average molecular weight is 177 g/mol. The van der Waals surface area contributed by atoms with Gasteiger partial charge in [0, 0.05) is 18.9 Å². The van der Waals surface area contributed by atoms with Gasteiger partial charge >= 0.3 is 0 Å². The maximum atomic E-state index is 11.5. The minimum absolute atomic E-state index is 0.0276. The number of hydrogen-bond donors (Lipinski definition) is 1. The number of carbonyl (C=O) groups excluding carboxylic acids is 1. The second-order valence-corrected chi connectivity index (χ2v) is 3.27. The number of hydrogen-bond acceptors (Lipinski definition) is 2. The van der Waals surface area contributed by atoms with Gasteiger partial charge in [-0.3, -0.25) is 4.79 Å². The summed E-state index contributed by atoms with van der Waals surface area (Å²) >= 11 is 0. The predicted octanol–water partition coefficient (Wildman–Crippen LogP) is 1.39. The Bertz CT molecular complexity index is 269. The molecular formula is C11H15NO. The summed E-state index contributed by atoms with van der Waals surface area (Å²) in [6.07, 6.45) is 0.499. The van der Waals surface area contributed by atoms with Crippen molar-refractivity contribution in [2.45, 2.75) is 13.3 Å². The Hall–Kier alpha value is -1.15. The first kappa shape index (κ1) is 9.93. The van der Waals surface area contributed by atoms with Crippen LogP contribution >= 0.6 is 0 Å². The lowest BCUT2D eigenvalue weighted by Crippen LogP contribution is -2.22. The van der Waals surface area contributed by atoms with Gasteiger partial charge in [0.2, 0.25) is 0 Å². The maximum absolute atomic E-state index is 11.5. The van der Waals surface area contributed by atoms with E-state index in [0.717, 1.165) is 5.56 Å². The van der Waals surface area contributed by atoms with Gasteiger partial charge in [-0.25, -0.2) is 0 Å². The van der Waals surface area contributed by atoms with Gasteiger partial charge in [-0.2, -0.15) is 0 Å². The van der Waals surface area contributed by atoms with E-state index < -0.39 is 0 Å². The van der Waals surface area contributed by atoms with Crippen LogP contribution in [0.1, 0.15) is 12.5 Å². The summed E-state index contributed by atoms with van der Waals surface area (Å²) in [5.74, 6) is 0.189. The molecule has 1 atom stereocenters. The van der Waals surface area contributed by atoms with Crippen LogP contribution in [0.25, 0.3) is 0 Å². The first-order chi connectivity index (χ1) is 6.24. The number of rotatable bonds is 4. The molecule has 1 unspecified atom stereocenters. The summed E-state index contributed by atoms with van der Waals surface area (Å²) in [6, 6.07) is 9.74. The standard InChI is InChI=1S/C11H15NO/c1-9(8-12)11(13)7-10-5-3-2-4-6-10/h2-6,9H,7-8,12H2,1H3. The molecule has 13 heavy (non-hydrogen) atoms. The van der Waals surface area contributed by atoms with Crippen molar-refractivity contribution in [1.29, 1.82) is 0 Å². The second-order valence-electron chi connectivity index (χ2n) is 3.27. The summed E-state index contributed by atoms with van der Waals surface area (Å²) < 4.78 is 0. The normalized spacial score (nSPS) is 12.5. The van der Waals surface area contributed by atoms with Gasteiger partial charge in [0.25, 0.3) is 0 Å². The predicted molar refractivity (Wildman–Crippen MR) is 53.4 cm³/mol. The van der Waals surface area contributed by atoms with E-state index in [0.29, 0.717) is 13.0 Å². The Balaban J connectivity index is 2.55. The van der Waals surface area contributed by atoms with E-state index >= 15 is 0 Å². The molecule has 0 aromatic heterocycles. The smallest absolute Gasteiger partial charge is 0.141 e. The van der Waals surface area contributed by atoms with E-state index in [1.165, 1.54) is 0 Å². The Morgan fingerprint density at radius 2 is 2.00 bits per heavy atom. The van der Waals surface area contributed by atoms with Crippen LogP contribution in [0.4, 0.5) is 0 Å². The van der Waals surface area contributed by atoms with Crippen LogP contribution < -0.4 is 5.73 Å². The molecule has 0 fully saturated rings. The largest absolute Gasteiger partial charge is 0.330 e. The molecule has 0 saturated heterocycles. The first-order valence-corrected chi connectivity index (χ1v) is 4.50. The third-order valence-electron chi connectivity index (χ3n) is 2.12. The molecule has 0 saturated carbocycles.